The van der Waals surface area contributed by atoms with Gasteiger partial charge in [-0.15, -0.1) is 0 Å². The topological polar surface area (TPSA) is 45.5 Å². The van der Waals surface area contributed by atoms with Gasteiger partial charge in [-0.2, -0.15) is 0 Å². The van der Waals surface area contributed by atoms with Crippen LogP contribution in [-0.2, 0) is 4.79 Å². The minimum atomic E-state index is -0.0767. The fourth-order valence-corrected chi connectivity index (χ4v) is 2.91. The molecule has 1 atom stereocenters. The summed E-state index contributed by atoms with van der Waals surface area (Å²) in [6, 6.07) is 3.75. The van der Waals surface area contributed by atoms with Crippen LogP contribution in [0.25, 0.3) is 6.08 Å². The first-order valence-corrected chi connectivity index (χ1v) is 8.14. The fraction of sp³-hybridized carbons (Fsp3) is 0.611. The predicted molar refractivity (Wildman–Crippen MR) is 89.5 cm³/mol. The van der Waals surface area contributed by atoms with Gasteiger partial charge in [-0.25, -0.2) is 0 Å². The number of amides is 1. The van der Waals surface area contributed by atoms with Crippen LogP contribution in [-0.4, -0.2) is 36.0 Å². The number of aryl methyl sites for hydroxylation is 1. The first-order valence-electron chi connectivity index (χ1n) is 8.14. The van der Waals surface area contributed by atoms with E-state index in [1.165, 1.54) is 18.9 Å². The minimum Gasteiger partial charge on any atom is -0.462 e. The smallest absolute Gasteiger partial charge is 0.244 e. The van der Waals surface area contributed by atoms with Crippen LogP contribution >= 0.6 is 0 Å². The third kappa shape index (κ3) is 4.73. The number of likely N-dealkylation sites (tertiary alicyclic amines) is 1. The van der Waals surface area contributed by atoms with Crippen LogP contribution in [0.5, 0.6) is 0 Å². The van der Waals surface area contributed by atoms with Gasteiger partial charge in [-0.1, -0.05) is 6.92 Å². The molecule has 1 fully saturated rings. The van der Waals surface area contributed by atoms with E-state index in [1.54, 1.807) is 6.08 Å². The molecule has 2 heterocycles. The molecule has 1 aliphatic rings. The van der Waals surface area contributed by atoms with Crippen molar-refractivity contribution in [2.24, 2.45) is 5.92 Å². The molecule has 4 heteroatoms. The van der Waals surface area contributed by atoms with Crippen molar-refractivity contribution in [2.45, 2.75) is 46.1 Å². The first kappa shape index (κ1) is 16.8. The monoisotopic (exact) mass is 304 g/mol. The van der Waals surface area contributed by atoms with E-state index >= 15 is 0 Å². The number of furan rings is 1. The quantitative estimate of drug-likeness (QED) is 0.850. The summed E-state index contributed by atoms with van der Waals surface area (Å²) >= 11 is 0. The Kier molecular flexibility index (Phi) is 5.46. The van der Waals surface area contributed by atoms with Gasteiger partial charge in [0.2, 0.25) is 5.91 Å². The van der Waals surface area contributed by atoms with Crippen molar-refractivity contribution in [1.82, 2.24) is 10.2 Å². The molecule has 1 aromatic rings. The molecule has 0 spiro atoms. The zero-order valence-corrected chi connectivity index (χ0v) is 14.2. The predicted octanol–water partition coefficient (Wildman–Crippen LogP) is 3.23. The molecule has 22 heavy (non-hydrogen) atoms. The lowest BCUT2D eigenvalue weighted by atomic mass is 9.93. The second kappa shape index (κ2) is 7.14. The van der Waals surface area contributed by atoms with Crippen molar-refractivity contribution in [2.75, 3.05) is 19.6 Å². The largest absolute Gasteiger partial charge is 0.462 e. The molecular formula is C18H28N2O2. The summed E-state index contributed by atoms with van der Waals surface area (Å²) in [5.74, 6) is 2.22. The summed E-state index contributed by atoms with van der Waals surface area (Å²) < 4.78 is 5.41. The minimum absolute atomic E-state index is 0.0144. The number of piperidine rings is 1. The maximum absolute atomic E-state index is 12.0. The molecule has 2 rings (SSSR count). The number of rotatable bonds is 5. The van der Waals surface area contributed by atoms with Gasteiger partial charge in [0.15, 0.2) is 0 Å². The van der Waals surface area contributed by atoms with E-state index in [0.29, 0.717) is 12.3 Å². The van der Waals surface area contributed by atoms with Gasteiger partial charge in [0.1, 0.15) is 11.5 Å². The zero-order chi connectivity index (χ0) is 16.2. The molecule has 0 unspecified atom stereocenters. The molecule has 0 aromatic carbocycles. The molecule has 4 nitrogen and oxygen atoms in total. The number of hydrogen-bond donors (Lipinski definition) is 1. The highest BCUT2D eigenvalue weighted by atomic mass is 16.3. The average Bonchev–Trinajstić information content (AvgIpc) is 2.89. The van der Waals surface area contributed by atoms with Crippen LogP contribution in [0.2, 0.25) is 0 Å². The van der Waals surface area contributed by atoms with Gasteiger partial charge >= 0.3 is 0 Å². The lowest BCUT2D eigenvalue weighted by Gasteiger charge is -2.43. The Morgan fingerprint density at radius 1 is 1.50 bits per heavy atom. The van der Waals surface area contributed by atoms with E-state index in [0.717, 1.165) is 24.8 Å². The summed E-state index contributed by atoms with van der Waals surface area (Å²) in [6.45, 7) is 11.5. The summed E-state index contributed by atoms with van der Waals surface area (Å²) in [6.07, 6.45) is 5.80. The Morgan fingerprint density at radius 3 is 2.91 bits per heavy atom. The Morgan fingerprint density at radius 2 is 2.27 bits per heavy atom. The van der Waals surface area contributed by atoms with Crippen LogP contribution in [0.1, 0.15) is 45.1 Å². The highest BCUT2D eigenvalue weighted by Crippen LogP contribution is 2.23. The molecule has 1 saturated heterocycles. The van der Waals surface area contributed by atoms with E-state index < -0.39 is 0 Å². The Hall–Kier alpha value is -1.55. The molecule has 0 radical (unpaired) electrons. The van der Waals surface area contributed by atoms with Crippen molar-refractivity contribution in [3.8, 4) is 0 Å². The number of hydrogen-bond acceptors (Lipinski definition) is 3. The summed E-state index contributed by atoms with van der Waals surface area (Å²) in [5, 5.41) is 3.00. The van der Waals surface area contributed by atoms with E-state index in [4.69, 9.17) is 4.42 Å². The van der Waals surface area contributed by atoms with Crippen LogP contribution < -0.4 is 5.32 Å². The summed E-state index contributed by atoms with van der Waals surface area (Å²) in [5.41, 5.74) is -0.0144. The SMILES string of the molecule is Cc1ccc(/C=C\C(=O)NCC(C)(C)N2CCC[C@@H](C)C2)o1. The maximum Gasteiger partial charge on any atom is 0.244 e. The van der Waals surface area contributed by atoms with Crippen LogP contribution in [0, 0.1) is 12.8 Å². The second-order valence-electron chi connectivity index (χ2n) is 7.01. The Labute approximate surface area is 133 Å². The van der Waals surface area contributed by atoms with Gasteiger partial charge in [0, 0.05) is 24.7 Å². The third-order valence-corrected chi connectivity index (χ3v) is 4.37. The lowest BCUT2D eigenvalue weighted by molar-refractivity contribution is -0.117. The van der Waals surface area contributed by atoms with E-state index in [-0.39, 0.29) is 11.4 Å². The number of nitrogens with one attached hydrogen (secondary N) is 1. The van der Waals surface area contributed by atoms with E-state index in [1.807, 2.05) is 19.1 Å². The van der Waals surface area contributed by atoms with E-state index in [2.05, 4.69) is 31.0 Å². The average molecular weight is 304 g/mol. The number of nitrogens with zero attached hydrogens (tertiary/aromatic N) is 1. The molecule has 1 N–H and O–H groups in total. The Balaban J connectivity index is 1.82. The molecule has 0 saturated carbocycles. The van der Waals surface area contributed by atoms with Crippen LogP contribution in [0.4, 0.5) is 0 Å². The van der Waals surface area contributed by atoms with Crippen molar-refractivity contribution >= 4 is 12.0 Å². The first-order chi connectivity index (χ1) is 10.4. The van der Waals surface area contributed by atoms with Crippen molar-refractivity contribution < 1.29 is 9.21 Å². The lowest BCUT2D eigenvalue weighted by Crippen LogP contribution is -2.54. The number of carbonyl (C=O) groups excluding carboxylic acids is 1. The summed E-state index contributed by atoms with van der Waals surface area (Å²) in [7, 11) is 0. The molecule has 1 amide bonds. The normalized spacial score (nSPS) is 20.5. The molecule has 1 aliphatic heterocycles. The fourth-order valence-electron chi connectivity index (χ4n) is 2.91. The molecule has 0 aliphatic carbocycles. The standard InChI is InChI=1S/C18H28N2O2/c1-14-6-5-11-20(12-14)18(3,4)13-19-17(21)10-9-16-8-7-15(2)22-16/h7-10,14H,5-6,11-13H2,1-4H3,(H,19,21)/b10-9-/t14-/m1/s1. The highest BCUT2D eigenvalue weighted by Gasteiger charge is 2.30. The molecule has 122 valence electrons. The zero-order valence-electron chi connectivity index (χ0n) is 14.2. The molecule has 0 bridgehead atoms. The van der Waals surface area contributed by atoms with Crippen molar-refractivity contribution in [3.63, 3.8) is 0 Å². The van der Waals surface area contributed by atoms with E-state index in [9.17, 15) is 4.79 Å². The van der Waals surface area contributed by atoms with Crippen molar-refractivity contribution in [3.05, 3.63) is 29.7 Å². The van der Waals surface area contributed by atoms with Crippen molar-refractivity contribution in [1.29, 1.82) is 0 Å². The molecule has 1 aromatic heterocycles. The Bertz CT molecular complexity index is 531. The highest BCUT2D eigenvalue weighted by molar-refractivity contribution is 5.91. The number of carbonyl (C=O) groups is 1. The maximum atomic E-state index is 12.0. The van der Waals surface area contributed by atoms with Gasteiger partial charge < -0.3 is 9.73 Å². The van der Waals surface area contributed by atoms with Crippen LogP contribution in [0.15, 0.2) is 22.6 Å². The van der Waals surface area contributed by atoms with Gasteiger partial charge in [-0.3, -0.25) is 9.69 Å². The van der Waals surface area contributed by atoms with Crippen LogP contribution in [0.3, 0.4) is 0 Å². The van der Waals surface area contributed by atoms with Gasteiger partial charge in [-0.05, 0) is 64.3 Å². The second-order valence-corrected chi connectivity index (χ2v) is 7.01. The third-order valence-electron chi connectivity index (χ3n) is 4.37. The summed E-state index contributed by atoms with van der Waals surface area (Å²) in [4.78, 5) is 14.4. The van der Waals surface area contributed by atoms with Gasteiger partial charge in [0.05, 0.1) is 0 Å². The van der Waals surface area contributed by atoms with Gasteiger partial charge in [0.25, 0.3) is 0 Å². The molecular weight excluding hydrogens is 276 g/mol.